The Bertz CT molecular complexity index is 645. The van der Waals surface area contributed by atoms with Crippen LogP contribution in [-0.2, 0) is 11.1 Å². The van der Waals surface area contributed by atoms with Gasteiger partial charge in [-0.3, -0.25) is 4.57 Å². The molecule has 0 unspecified atom stereocenters. The van der Waals surface area contributed by atoms with Gasteiger partial charge in [-0.05, 0) is 36.8 Å². The Hall–Kier alpha value is -1.81. The van der Waals surface area contributed by atoms with Crippen molar-refractivity contribution in [2.75, 3.05) is 0 Å². The van der Waals surface area contributed by atoms with E-state index in [1.807, 2.05) is 31.2 Å². The largest absolute Gasteiger partial charge is 0.356 e. The monoisotopic (exact) mass is 290 g/mol. The molecule has 0 aliphatic rings. The van der Waals surface area contributed by atoms with Crippen molar-refractivity contribution in [2.45, 2.75) is 13.5 Å². The van der Waals surface area contributed by atoms with Gasteiger partial charge in [-0.1, -0.05) is 29.8 Å². The van der Waals surface area contributed by atoms with Gasteiger partial charge in [0.25, 0.3) is 0 Å². The van der Waals surface area contributed by atoms with Crippen LogP contribution < -0.4 is 5.30 Å². The third-order valence-corrected chi connectivity index (χ3v) is 3.72. The van der Waals surface area contributed by atoms with Crippen LogP contribution in [0.4, 0.5) is 5.69 Å². The Labute approximate surface area is 117 Å². The maximum Gasteiger partial charge on any atom is 0.356 e. The molecule has 0 amide bonds. The van der Waals surface area contributed by atoms with Gasteiger partial charge in [-0.2, -0.15) is 10.2 Å². The second-order valence-electron chi connectivity index (χ2n) is 4.45. The number of rotatable bonds is 4. The number of hydrogen-bond donors (Lipinski definition) is 2. The number of hydrogen-bond acceptors (Lipinski definition) is 3. The molecule has 0 aliphatic heterocycles. The highest BCUT2D eigenvalue weighted by Crippen LogP contribution is 2.33. The van der Waals surface area contributed by atoms with Gasteiger partial charge < -0.3 is 9.79 Å². The molecule has 6 heteroatoms. The summed E-state index contributed by atoms with van der Waals surface area (Å²) in [6, 6.07) is 13.8. The maximum absolute atomic E-state index is 11.0. The van der Waals surface area contributed by atoms with Gasteiger partial charge in [-0.25, -0.2) is 0 Å². The van der Waals surface area contributed by atoms with Crippen molar-refractivity contribution >= 4 is 18.6 Å². The van der Waals surface area contributed by atoms with Crippen molar-refractivity contribution in [1.29, 1.82) is 0 Å². The molecule has 0 aromatic heterocycles. The van der Waals surface area contributed by atoms with E-state index in [9.17, 15) is 4.57 Å². The predicted octanol–water partition coefficient (Wildman–Crippen LogP) is 3.08. The molecule has 104 valence electrons. The lowest BCUT2D eigenvalue weighted by Gasteiger charge is -2.02. The van der Waals surface area contributed by atoms with Crippen LogP contribution in [0.3, 0.4) is 0 Å². The van der Waals surface area contributed by atoms with Gasteiger partial charge in [0.2, 0.25) is 0 Å². The highest BCUT2D eigenvalue weighted by Gasteiger charge is 2.15. The lowest BCUT2D eigenvalue weighted by atomic mass is 10.2. The zero-order valence-electron chi connectivity index (χ0n) is 11.0. The molecule has 0 aliphatic carbocycles. The number of nitrogens with zero attached hydrogens (tertiary/aromatic N) is 2. The standard InChI is InChI=1S/C14H15N2O3P/c1-11-2-4-12(5-3-11)10-15-16-13-6-8-14(9-7-13)20(17,18)19/h2-9H,10H2,1H3,(H2,17,18,19). The van der Waals surface area contributed by atoms with E-state index >= 15 is 0 Å². The zero-order chi connectivity index (χ0) is 14.6. The fraction of sp³-hybridized carbons (Fsp3) is 0.143. The lowest BCUT2D eigenvalue weighted by molar-refractivity contribution is 0.387. The molecule has 0 saturated carbocycles. The SMILES string of the molecule is Cc1ccc(CN=Nc2ccc(P(=O)(O)O)cc2)cc1. The fourth-order valence-corrected chi connectivity index (χ4v) is 2.14. The van der Waals surface area contributed by atoms with Crippen molar-refractivity contribution in [3.8, 4) is 0 Å². The van der Waals surface area contributed by atoms with Crippen LogP contribution in [0.2, 0.25) is 0 Å². The van der Waals surface area contributed by atoms with Crippen LogP contribution >= 0.6 is 7.60 Å². The van der Waals surface area contributed by atoms with Gasteiger partial charge in [0.15, 0.2) is 0 Å². The van der Waals surface area contributed by atoms with E-state index in [0.29, 0.717) is 12.2 Å². The molecule has 0 bridgehead atoms. The van der Waals surface area contributed by atoms with E-state index in [0.717, 1.165) is 5.56 Å². The molecule has 0 heterocycles. The van der Waals surface area contributed by atoms with Crippen molar-refractivity contribution in [1.82, 2.24) is 0 Å². The van der Waals surface area contributed by atoms with Gasteiger partial charge >= 0.3 is 7.60 Å². The topological polar surface area (TPSA) is 82.2 Å². The van der Waals surface area contributed by atoms with Crippen LogP contribution in [0.1, 0.15) is 11.1 Å². The summed E-state index contributed by atoms with van der Waals surface area (Å²) in [6.45, 7) is 2.49. The first-order valence-corrected chi connectivity index (χ1v) is 7.65. The summed E-state index contributed by atoms with van der Waals surface area (Å²) in [7, 11) is -4.19. The van der Waals surface area contributed by atoms with E-state index < -0.39 is 7.60 Å². The Balaban J connectivity index is 2.01. The summed E-state index contributed by atoms with van der Waals surface area (Å²) in [5.41, 5.74) is 2.82. The molecule has 0 atom stereocenters. The number of benzene rings is 2. The van der Waals surface area contributed by atoms with Crippen LogP contribution in [0, 0.1) is 6.92 Å². The summed E-state index contributed by atoms with van der Waals surface area (Å²) in [5.74, 6) is 0. The minimum atomic E-state index is -4.19. The molecule has 5 nitrogen and oxygen atoms in total. The van der Waals surface area contributed by atoms with E-state index in [1.54, 1.807) is 0 Å². The molecule has 20 heavy (non-hydrogen) atoms. The lowest BCUT2D eigenvalue weighted by Crippen LogP contribution is -2.01. The van der Waals surface area contributed by atoms with E-state index in [4.69, 9.17) is 9.79 Å². The normalized spacial score (nSPS) is 11.9. The first-order valence-electron chi connectivity index (χ1n) is 6.04. The van der Waals surface area contributed by atoms with Crippen molar-refractivity contribution in [3.63, 3.8) is 0 Å². The number of aryl methyl sites for hydroxylation is 1. The van der Waals surface area contributed by atoms with E-state index in [1.165, 1.54) is 29.8 Å². The van der Waals surface area contributed by atoms with Crippen molar-refractivity contribution in [3.05, 3.63) is 59.7 Å². The third-order valence-electron chi connectivity index (χ3n) is 2.75. The molecule has 2 rings (SSSR count). The summed E-state index contributed by atoms with van der Waals surface area (Å²) < 4.78 is 11.0. The molecule has 0 spiro atoms. The van der Waals surface area contributed by atoms with Crippen LogP contribution in [-0.4, -0.2) is 9.79 Å². The molecule has 2 aromatic carbocycles. The van der Waals surface area contributed by atoms with E-state index in [-0.39, 0.29) is 5.30 Å². The van der Waals surface area contributed by atoms with Crippen LogP contribution in [0.5, 0.6) is 0 Å². The molecule has 2 aromatic rings. The summed E-state index contributed by atoms with van der Waals surface area (Å²) in [5, 5.41) is 8.06. The molecular formula is C14H15N2O3P. The minimum absolute atomic E-state index is 0.0185. The molecule has 0 fully saturated rings. The first-order chi connectivity index (χ1) is 9.45. The molecule has 0 saturated heterocycles. The Morgan fingerprint density at radius 2 is 1.60 bits per heavy atom. The third kappa shape index (κ3) is 4.10. The quantitative estimate of drug-likeness (QED) is 0.670. The second-order valence-corrected chi connectivity index (χ2v) is 6.05. The van der Waals surface area contributed by atoms with Crippen LogP contribution in [0.15, 0.2) is 58.8 Å². The highest BCUT2D eigenvalue weighted by atomic mass is 31.2. The average Bonchev–Trinajstić information content (AvgIpc) is 2.41. The summed E-state index contributed by atoms with van der Waals surface area (Å²) >= 11 is 0. The van der Waals surface area contributed by atoms with Crippen molar-refractivity contribution in [2.24, 2.45) is 10.2 Å². The summed E-state index contributed by atoms with van der Waals surface area (Å²) in [4.78, 5) is 18.0. The average molecular weight is 290 g/mol. The van der Waals surface area contributed by atoms with E-state index in [2.05, 4.69) is 10.2 Å². The molecular weight excluding hydrogens is 275 g/mol. The predicted molar refractivity (Wildman–Crippen MR) is 77.5 cm³/mol. The Morgan fingerprint density at radius 1 is 1.00 bits per heavy atom. The maximum atomic E-state index is 11.0. The van der Waals surface area contributed by atoms with Gasteiger partial charge in [-0.15, -0.1) is 0 Å². The van der Waals surface area contributed by atoms with Gasteiger partial charge in [0, 0.05) is 0 Å². The molecule has 2 N–H and O–H groups in total. The fourth-order valence-electron chi connectivity index (χ4n) is 1.61. The Kier molecular flexibility index (Phi) is 4.45. The van der Waals surface area contributed by atoms with Crippen LogP contribution in [0.25, 0.3) is 0 Å². The summed E-state index contributed by atoms with van der Waals surface area (Å²) in [6.07, 6.45) is 0. The second kappa shape index (κ2) is 6.09. The smallest absolute Gasteiger partial charge is 0.321 e. The minimum Gasteiger partial charge on any atom is -0.321 e. The highest BCUT2D eigenvalue weighted by molar-refractivity contribution is 7.60. The first kappa shape index (κ1) is 14.6. The number of azo groups is 1. The van der Waals surface area contributed by atoms with Gasteiger partial charge in [0.1, 0.15) is 0 Å². The van der Waals surface area contributed by atoms with Crippen molar-refractivity contribution < 1.29 is 14.4 Å². The molecule has 0 radical (unpaired) electrons. The zero-order valence-corrected chi connectivity index (χ0v) is 11.9. The Morgan fingerprint density at radius 3 is 2.15 bits per heavy atom. The van der Waals surface area contributed by atoms with Gasteiger partial charge in [0.05, 0.1) is 17.5 Å².